The second-order valence-corrected chi connectivity index (χ2v) is 8.59. The molecule has 1 amide bonds. The number of thioether (sulfide) groups is 2. The fourth-order valence-electron chi connectivity index (χ4n) is 3.27. The standard InChI is InChI=1S/C20H17N3O4S2/c24-18(21-14-7-8-28-17-4-2-1-3-13(14)17)10-29-20-23-22-19(27-20)12-5-6-15-16(9-12)26-11-25-15/h1-6,9,14H,7-8,10-11H2,(H,21,24)/t14-/m1/s1. The van der Waals surface area contributed by atoms with E-state index in [4.69, 9.17) is 13.9 Å². The highest BCUT2D eigenvalue weighted by molar-refractivity contribution is 7.99. The molecule has 0 radical (unpaired) electrons. The van der Waals surface area contributed by atoms with Gasteiger partial charge in [0.1, 0.15) is 0 Å². The molecule has 0 fully saturated rings. The van der Waals surface area contributed by atoms with Gasteiger partial charge in [-0.25, -0.2) is 0 Å². The summed E-state index contributed by atoms with van der Waals surface area (Å²) >= 11 is 3.06. The van der Waals surface area contributed by atoms with Crippen LogP contribution in [0.1, 0.15) is 18.0 Å². The zero-order valence-corrected chi connectivity index (χ0v) is 16.9. The van der Waals surface area contributed by atoms with Crippen molar-refractivity contribution in [3.05, 3.63) is 48.0 Å². The van der Waals surface area contributed by atoms with Gasteiger partial charge in [-0.1, -0.05) is 30.0 Å². The van der Waals surface area contributed by atoms with E-state index in [1.807, 2.05) is 36.0 Å². The van der Waals surface area contributed by atoms with Crippen molar-refractivity contribution in [1.29, 1.82) is 0 Å². The minimum Gasteiger partial charge on any atom is -0.454 e. The molecule has 0 spiro atoms. The van der Waals surface area contributed by atoms with Crippen LogP contribution in [-0.2, 0) is 4.79 Å². The Bertz CT molecular complexity index is 1060. The first-order chi connectivity index (χ1) is 14.3. The molecule has 2 aliphatic heterocycles. The van der Waals surface area contributed by atoms with Gasteiger partial charge in [0.15, 0.2) is 11.5 Å². The largest absolute Gasteiger partial charge is 0.454 e. The number of carbonyl (C=O) groups is 1. The summed E-state index contributed by atoms with van der Waals surface area (Å²) in [6.07, 6.45) is 0.924. The molecule has 2 aliphatic rings. The molecule has 0 unspecified atom stereocenters. The number of amides is 1. The van der Waals surface area contributed by atoms with Crippen molar-refractivity contribution in [2.45, 2.75) is 22.6 Å². The molecule has 9 heteroatoms. The third-order valence-electron chi connectivity index (χ3n) is 4.65. The van der Waals surface area contributed by atoms with E-state index < -0.39 is 0 Å². The van der Waals surface area contributed by atoms with Crippen molar-refractivity contribution in [2.24, 2.45) is 0 Å². The van der Waals surface area contributed by atoms with Gasteiger partial charge < -0.3 is 19.2 Å². The molecule has 1 atom stereocenters. The average Bonchev–Trinajstić information content (AvgIpc) is 3.41. The number of carbonyl (C=O) groups excluding carboxylic acids is 1. The monoisotopic (exact) mass is 427 g/mol. The predicted octanol–water partition coefficient (Wildman–Crippen LogP) is 3.91. The van der Waals surface area contributed by atoms with Crippen LogP contribution in [0.25, 0.3) is 11.5 Å². The Hall–Kier alpha value is -2.65. The van der Waals surface area contributed by atoms with E-state index in [-0.39, 0.29) is 24.5 Å². The van der Waals surface area contributed by atoms with Crippen molar-refractivity contribution in [3.8, 4) is 23.0 Å². The van der Waals surface area contributed by atoms with Crippen LogP contribution in [-0.4, -0.2) is 34.4 Å². The van der Waals surface area contributed by atoms with Crippen LogP contribution < -0.4 is 14.8 Å². The number of rotatable bonds is 5. The minimum atomic E-state index is -0.0514. The van der Waals surface area contributed by atoms with Crippen molar-refractivity contribution in [1.82, 2.24) is 15.5 Å². The molecule has 3 aromatic rings. The average molecular weight is 428 g/mol. The predicted molar refractivity (Wildman–Crippen MR) is 109 cm³/mol. The lowest BCUT2D eigenvalue weighted by Gasteiger charge is -2.25. The number of hydrogen-bond acceptors (Lipinski definition) is 8. The van der Waals surface area contributed by atoms with Crippen LogP contribution in [0.4, 0.5) is 0 Å². The summed E-state index contributed by atoms with van der Waals surface area (Å²) in [5.74, 6) is 2.89. The van der Waals surface area contributed by atoms with Crippen molar-refractivity contribution in [2.75, 3.05) is 18.3 Å². The summed E-state index contributed by atoms with van der Waals surface area (Å²) in [7, 11) is 0. The molecule has 2 aromatic carbocycles. The topological polar surface area (TPSA) is 86.5 Å². The third-order valence-corrected chi connectivity index (χ3v) is 6.59. The van der Waals surface area contributed by atoms with Crippen molar-refractivity contribution in [3.63, 3.8) is 0 Å². The van der Waals surface area contributed by atoms with Crippen LogP contribution >= 0.6 is 23.5 Å². The number of nitrogens with zero attached hydrogens (tertiary/aromatic N) is 2. The molecule has 5 rings (SSSR count). The van der Waals surface area contributed by atoms with Crippen LogP contribution in [0.2, 0.25) is 0 Å². The van der Waals surface area contributed by atoms with Gasteiger partial charge in [-0.3, -0.25) is 4.79 Å². The second kappa shape index (κ2) is 8.00. The van der Waals surface area contributed by atoms with Gasteiger partial charge in [0.2, 0.25) is 18.6 Å². The highest BCUT2D eigenvalue weighted by Crippen LogP contribution is 2.37. The van der Waals surface area contributed by atoms with Crippen LogP contribution in [0.3, 0.4) is 0 Å². The number of fused-ring (bicyclic) bond motifs is 2. The maximum absolute atomic E-state index is 12.4. The Kier molecular flexibility index (Phi) is 5.07. The van der Waals surface area contributed by atoms with Gasteiger partial charge in [-0.15, -0.1) is 22.0 Å². The summed E-state index contributed by atoms with van der Waals surface area (Å²) in [6.45, 7) is 0.211. The van der Waals surface area contributed by atoms with Gasteiger partial charge in [0.05, 0.1) is 11.8 Å². The highest BCUT2D eigenvalue weighted by Gasteiger charge is 2.22. The lowest BCUT2D eigenvalue weighted by atomic mass is 10.0. The zero-order chi connectivity index (χ0) is 19.6. The number of aromatic nitrogens is 2. The zero-order valence-electron chi connectivity index (χ0n) is 15.3. The molecule has 148 valence electrons. The molecule has 0 bridgehead atoms. The van der Waals surface area contributed by atoms with E-state index in [9.17, 15) is 4.79 Å². The van der Waals surface area contributed by atoms with E-state index in [0.29, 0.717) is 22.6 Å². The Balaban J connectivity index is 1.20. The number of hydrogen-bond donors (Lipinski definition) is 1. The first-order valence-corrected chi connectivity index (χ1v) is 11.1. The lowest BCUT2D eigenvalue weighted by molar-refractivity contribution is -0.119. The first kappa shape index (κ1) is 18.4. The summed E-state index contributed by atoms with van der Waals surface area (Å²) < 4.78 is 16.4. The Morgan fingerprint density at radius 2 is 2.07 bits per heavy atom. The van der Waals surface area contributed by atoms with Gasteiger partial charge in [-0.05, 0) is 36.2 Å². The van der Waals surface area contributed by atoms with Crippen LogP contribution in [0.15, 0.2) is 57.0 Å². The summed E-state index contributed by atoms with van der Waals surface area (Å²) in [6, 6.07) is 13.7. The summed E-state index contributed by atoms with van der Waals surface area (Å²) in [5.41, 5.74) is 1.93. The third kappa shape index (κ3) is 3.92. The van der Waals surface area contributed by atoms with E-state index in [1.54, 1.807) is 6.07 Å². The summed E-state index contributed by atoms with van der Waals surface area (Å²) in [5, 5.41) is 11.6. The van der Waals surface area contributed by atoms with E-state index >= 15 is 0 Å². The number of nitrogens with one attached hydrogen (secondary N) is 1. The van der Waals surface area contributed by atoms with Gasteiger partial charge in [-0.2, -0.15) is 0 Å². The molecule has 1 aromatic heterocycles. The molecular weight excluding hydrogens is 410 g/mol. The Morgan fingerprint density at radius 1 is 1.17 bits per heavy atom. The molecule has 0 aliphatic carbocycles. The van der Waals surface area contributed by atoms with Gasteiger partial charge in [0, 0.05) is 16.2 Å². The van der Waals surface area contributed by atoms with Gasteiger partial charge in [0.25, 0.3) is 5.22 Å². The van der Waals surface area contributed by atoms with E-state index in [2.05, 4.69) is 27.6 Å². The molecule has 0 saturated heterocycles. The Labute approximate surface area is 175 Å². The highest BCUT2D eigenvalue weighted by atomic mass is 32.2. The quantitative estimate of drug-likeness (QED) is 0.614. The molecule has 1 N–H and O–H groups in total. The van der Waals surface area contributed by atoms with E-state index in [1.165, 1.54) is 22.2 Å². The molecule has 3 heterocycles. The van der Waals surface area contributed by atoms with Crippen LogP contribution in [0, 0.1) is 0 Å². The minimum absolute atomic E-state index is 0.0485. The molecule has 0 saturated carbocycles. The SMILES string of the molecule is O=C(CSc1nnc(-c2ccc3c(c2)OCO3)o1)N[C@@H]1CCSc2ccccc21. The molecular formula is C20H17N3O4S2. The Morgan fingerprint density at radius 3 is 3.03 bits per heavy atom. The summed E-state index contributed by atoms with van der Waals surface area (Å²) in [4.78, 5) is 13.7. The second-order valence-electron chi connectivity index (χ2n) is 6.52. The maximum Gasteiger partial charge on any atom is 0.277 e. The van der Waals surface area contributed by atoms with Crippen molar-refractivity contribution >= 4 is 29.4 Å². The van der Waals surface area contributed by atoms with Crippen molar-refractivity contribution < 1.29 is 18.7 Å². The fourth-order valence-corrected chi connectivity index (χ4v) is 4.97. The lowest BCUT2D eigenvalue weighted by Crippen LogP contribution is -2.31. The number of ether oxygens (including phenoxy) is 2. The molecule has 7 nitrogen and oxygen atoms in total. The normalized spacial score (nSPS) is 17.0. The van der Waals surface area contributed by atoms with E-state index in [0.717, 1.165) is 17.7 Å². The van der Waals surface area contributed by atoms with Gasteiger partial charge >= 0.3 is 0 Å². The first-order valence-electron chi connectivity index (χ1n) is 9.14. The molecule has 29 heavy (non-hydrogen) atoms. The smallest absolute Gasteiger partial charge is 0.277 e. The maximum atomic E-state index is 12.4. The van der Waals surface area contributed by atoms with Crippen LogP contribution in [0.5, 0.6) is 11.5 Å². The number of benzene rings is 2. The fraction of sp³-hybridized carbons (Fsp3) is 0.250.